The minimum absolute atomic E-state index is 0.0139. The maximum atomic E-state index is 13.8. The molecule has 0 aliphatic heterocycles. The van der Waals surface area contributed by atoms with Crippen LogP contribution in [0.1, 0.15) is 24.5 Å². The lowest BCUT2D eigenvalue weighted by molar-refractivity contribution is -0.140. The topological polar surface area (TPSA) is 86.8 Å². The molecule has 38 heavy (non-hydrogen) atoms. The number of amides is 2. The van der Waals surface area contributed by atoms with E-state index in [0.717, 1.165) is 34.1 Å². The van der Waals surface area contributed by atoms with Crippen LogP contribution in [0.25, 0.3) is 0 Å². The van der Waals surface area contributed by atoms with Crippen molar-refractivity contribution in [2.24, 2.45) is 0 Å². The normalized spacial score (nSPS) is 12.1. The fourth-order valence-electron chi connectivity index (χ4n) is 3.89. The molecule has 0 unspecified atom stereocenters. The Morgan fingerprint density at radius 1 is 0.974 bits per heavy atom. The second-order valence-electron chi connectivity index (χ2n) is 8.61. The first-order chi connectivity index (χ1) is 18.0. The number of rotatable bonds is 10. The van der Waals surface area contributed by atoms with E-state index in [1.54, 1.807) is 49.4 Å². The number of carbonyl (C=O) groups excluding carboxylic acids is 2. The van der Waals surface area contributed by atoms with Gasteiger partial charge in [-0.05, 0) is 67.4 Å². The summed E-state index contributed by atoms with van der Waals surface area (Å²) < 4.78 is 41.8. The fourth-order valence-corrected chi connectivity index (χ4v) is 5.63. The number of halogens is 3. The maximum absolute atomic E-state index is 13.8. The fraction of sp³-hybridized carbons (Fsp3) is 0.259. The van der Waals surface area contributed by atoms with Gasteiger partial charge in [0, 0.05) is 13.6 Å². The number of nitrogens with zero attached hydrogens (tertiary/aromatic N) is 2. The number of nitrogens with one attached hydrogen (secondary N) is 1. The number of sulfonamides is 1. The molecule has 3 aromatic rings. The van der Waals surface area contributed by atoms with Gasteiger partial charge in [0.05, 0.1) is 20.6 Å². The number of hydrogen-bond donors (Lipinski definition) is 1. The highest BCUT2D eigenvalue weighted by Crippen LogP contribution is 2.27. The predicted molar refractivity (Wildman–Crippen MR) is 147 cm³/mol. The van der Waals surface area contributed by atoms with Gasteiger partial charge in [0.2, 0.25) is 11.8 Å². The molecule has 0 aliphatic rings. The van der Waals surface area contributed by atoms with Gasteiger partial charge in [0.25, 0.3) is 10.0 Å². The number of benzene rings is 3. The zero-order chi connectivity index (χ0) is 28.0. The van der Waals surface area contributed by atoms with Crippen LogP contribution < -0.4 is 9.62 Å². The minimum atomic E-state index is -4.28. The molecule has 0 bridgehead atoms. The van der Waals surface area contributed by atoms with Gasteiger partial charge in [-0.1, -0.05) is 53.9 Å². The first kappa shape index (κ1) is 29.4. The molecule has 0 radical (unpaired) electrons. The Balaban J connectivity index is 2.06. The van der Waals surface area contributed by atoms with E-state index in [4.69, 9.17) is 23.2 Å². The van der Waals surface area contributed by atoms with E-state index in [-0.39, 0.29) is 28.6 Å². The molecule has 1 atom stereocenters. The summed E-state index contributed by atoms with van der Waals surface area (Å²) in [6.07, 6.45) is 0.280. The van der Waals surface area contributed by atoms with Crippen LogP contribution in [-0.4, -0.2) is 44.8 Å². The quantitative estimate of drug-likeness (QED) is 0.358. The summed E-state index contributed by atoms with van der Waals surface area (Å²) in [6.45, 7) is 2.99. The Morgan fingerprint density at radius 2 is 1.61 bits per heavy atom. The molecule has 3 rings (SSSR count). The van der Waals surface area contributed by atoms with Crippen molar-refractivity contribution < 1.29 is 22.4 Å². The minimum Gasteiger partial charge on any atom is -0.357 e. The molecule has 202 valence electrons. The SMILES string of the molecule is CC[C@@H](C(=O)NC)N(Cc1ccc(Cl)c(Cl)c1)C(=O)CN(c1ccc(C)cc1)S(=O)(=O)c1ccc(F)cc1. The maximum Gasteiger partial charge on any atom is 0.264 e. The van der Waals surface area contributed by atoms with Crippen LogP contribution in [0.3, 0.4) is 0 Å². The average Bonchev–Trinajstić information content (AvgIpc) is 2.89. The molecule has 7 nitrogen and oxygen atoms in total. The van der Waals surface area contributed by atoms with E-state index in [1.165, 1.54) is 11.9 Å². The largest absolute Gasteiger partial charge is 0.357 e. The summed E-state index contributed by atoms with van der Waals surface area (Å²) in [7, 11) is -2.81. The van der Waals surface area contributed by atoms with Crippen molar-refractivity contribution in [2.45, 2.75) is 37.8 Å². The number of carbonyl (C=O) groups is 2. The van der Waals surface area contributed by atoms with E-state index in [9.17, 15) is 22.4 Å². The molecule has 3 aromatic carbocycles. The smallest absolute Gasteiger partial charge is 0.264 e. The van der Waals surface area contributed by atoms with Crippen molar-refractivity contribution >= 4 is 50.7 Å². The van der Waals surface area contributed by atoms with Crippen LogP contribution in [0.4, 0.5) is 10.1 Å². The molecular formula is C27H28Cl2FN3O4S. The zero-order valence-corrected chi connectivity index (χ0v) is 23.4. The summed E-state index contributed by atoms with van der Waals surface area (Å²) in [5.74, 6) is -1.60. The molecule has 2 amide bonds. The van der Waals surface area contributed by atoms with Crippen LogP contribution in [0.15, 0.2) is 71.6 Å². The summed E-state index contributed by atoms with van der Waals surface area (Å²) in [5, 5.41) is 3.18. The van der Waals surface area contributed by atoms with E-state index in [1.807, 2.05) is 6.92 Å². The van der Waals surface area contributed by atoms with Gasteiger partial charge < -0.3 is 10.2 Å². The highest BCUT2D eigenvalue weighted by Gasteiger charge is 2.33. The Kier molecular flexibility index (Phi) is 9.76. The molecule has 0 spiro atoms. The first-order valence-corrected chi connectivity index (χ1v) is 14.0. The van der Waals surface area contributed by atoms with Crippen molar-refractivity contribution in [1.29, 1.82) is 0 Å². The van der Waals surface area contributed by atoms with Crippen molar-refractivity contribution in [2.75, 3.05) is 17.9 Å². The third kappa shape index (κ3) is 6.83. The summed E-state index contributed by atoms with van der Waals surface area (Å²) in [4.78, 5) is 27.7. The van der Waals surface area contributed by atoms with Gasteiger partial charge in [-0.2, -0.15) is 0 Å². The van der Waals surface area contributed by atoms with Crippen molar-refractivity contribution in [3.05, 3.63) is 93.7 Å². The van der Waals surface area contributed by atoms with Crippen molar-refractivity contribution in [1.82, 2.24) is 10.2 Å². The standard InChI is InChI=1S/C27H28Cl2FN3O4S/c1-4-25(27(35)31-3)32(16-19-7-14-23(28)24(29)15-19)26(34)17-33(21-10-5-18(2)6-11-21)38(36,37)22-12-8-20(30)9-13-22/h5-15,25H,4,16-17H2,1-3H3,(H,31,35)/t25-/m0/s1. The number of anilines is 1. The summed E-state index contributed by atoms with van der Waals surface area (Å²) in [6, 6.07) is 15.0. The molecule has 11 heteroatoms. The van der Waals surface area contributed by atoms with Gasteiger partial charge in [-0.25, -0.2) is 12.8 Å². The monoisotopic (exact) mass is 579 g/mol. The molecule has 1 N–H and O–H groups in total. The first-order valence-electron chi connectivity index (χ1n) is 11.8. The Bertz CT molecular complexity index is 1400. The van der Waals surface area contributed by atoms with Crippen LogP contribution in [0.2, 0.25) is 10.0 Å². The van der Waals surface area contributed by atoms with Gasteiger partial charge in [0.1, 0.15) is 18.4 Å². The lowest BCUT2D eigenvalue weighted by Crippen LogP contribution is -2.51. The lowest BCUT2D eigenvalue weighted by Gasteiger charge is -2.33. The Hall–Kier alpha value is -3.14. The van der Waals surface area contributed by atoms with Crippen LogP contribution in [0, 0.1) is 12.7 Å². The molecular weight excluding hydrogens is 552 g/mol. The average molecular weight is 581 g/mol. The summed E-state index contributed by atoms with van der Waals surface area (Å²) >= 11 is 12.2. The summed E-state index contributed by atoms with van der Waals surface area (Å²) in [5.41, 5.74) is 1.75. The second kappa shape index (κ2) is 12.6. The van der Waals surface area contributed by atoms with Gasteiger partial charge in [0.15, 0.2) is 0 Å². The van der Waals surface area contributed by atoms with Gasteiger partial charge in [-0.15, -0.1) is 0 Å². The van der Waals surface area contributed by atoms with Crippen molar-refractivity contribution in [3.63, 3.8) is 0 Å². The third-order valence-corrected chi connectivity index (χ3v) is 8.50. The molecule has 0 aromatic heterocycles. The molecule has 0 saturated heterocycles. The predicted octanol–water partition coefficient (Wildman–Crippen LogP) is 5.19. The highest BCUT2D eigenvalue weighted by molar-refractivity contribution is 7.92. The van der Waals surface area contributed by atoms with E-state index < -0.39 is 40.2 Å². The van der Waals surface area contributed by atoms with Crippen LogP contribution >= 0.6 is 23.2 Å². The van der Waals surface area contributed by atoms with Crippen LogP contribution in [-0.2, 0) is 26.2 Å². The molecule has 0 fully saturated rings. The third-order valence-electron chi connectivity index (χ3n) is 5.97. The van der Waals surface area contributed by atoms with Crippen LogP contribution in [0.5, 0.6) is 0 Å². The molecule has 0 aliphatic carbocycles. The van der Waals surface area contributed by atoms with Gasteiger partial charge in [-0.3, -0.25) is 13.9 Å². The number of aryl methyl sites for hydroxylation is 1. The second-order valence-corrected chi connectivity index (χ2v) is 11.3. The van der Waals surface area contributed by atoms with E-state index in [2.05, 4.69) is 5.32 Å². The highest BCUT2D eigenvalue weighted by atomic mass is 35.5. The van der Waals surface area contributed by atoms with E-state index >= 15 is 0 Å². The zero-order valence-electron chi connectivity index (χ0n) is 21.1. The Morgan fingerprint density at radius 3 is 2.16 bits per heavy atom. The molecule has 0 heterocycles. The van der Waals surface area contributed by atoms with Crippen molar-refractivity contribution in [3.8, 4) is 0 Å². The number of hydrogen-bond acceptors (Lipinski definition) is 4. The molecule has 0 saturated carbocycles. The van der Waals surface area contributed by atoms with Gasteiger partial charge >= 0.3 is 0 Å². The number of likely N-dealkylation sites (N-methyl/N-ethyl adjacent to an activating group) is 1. The Labute approximate surface area is 232 Å². The van der Waals surface area contributed by atoms with E-state index in [0.29, 0.717) is 10.6 Å². The lowest BCUT2D eigenvalue weighted by atomic mass is 10.1.